The zero-order valence-corrected chi connectivity index (χ0v) is 29.3. The van der Waals surface area contributed by atoms with Crippen molar-refractivity contribution in [2.45, 2.75) is 71.1 Å². The van der Waals surface area contributed by atoms with E-state index in [4.69, 9.17) is 0 Å². The number of imide groups is 1. The first-order valence-corrected chi connectivity index (χ1v) is 17.6. The molecule has 3 atom stereocenters. The third-order valence-electron chi connectivity index (χ3n) is 11.2. The second kappa shape index (κ2) is 13.4. The Morgan fingerprint density at radius 3 is 1.96 bits per heavy atom. The second-order valence-corrected chi connectivity index (χ2v) is 14.6. The number of hydrogen-bond acceptors (Lipinski definition) is 4. The van der Waals surface area contributed by atoms with E-state index < -0.39 is 47.5 Å². The van der Waals surface area contributed by atoms with E-state index in [0.29, 0.717) is 36.9 Å². The molecule has 10 heteroatoms. The molecule has 4 aromatic rings. The third-order valence-corrected chi connectivity index (χ3v) is 11.2. The van der Waals surface area contributed by atoms with Gasteiger partial charge in [-0.05, 0) is 117 Å². The number of nitrogens with zero attached hydrogens (tertiary/aromatic N) is 2. The van der Waals surface area contributed by atoms with Gasteiger partial charge in [-0.3, -0.25) is 24.1 Å². The molecule has 0 unspecified atom stereocenters. The summed E-state index contributed by atoms with van der Waals surface area (Å²) in [5.74, 6) is -1.98. The highest BCUT2D eigenvalue weighted by Gasteiger charge is 2.53. The van der Waals surface area contributed by atoms with Crippen molar-refractivity contribution in [1.82, 2.24) is 9.80 Å². The molecule has 2 aliphatic carbocycles. The summed E-state index contributed by atoms with van der Waals surface area (Å²) < 4.78 is 40.7. The molecule has 1 aliphatic heterocycles. The minimum atomic E-state index is -4.56. The first kappa shape index (κ1) is 35.2. The topological polar surface area (TPSA) is 86.8 Å². The summed E-state index contributed by atoms with van der Waals surface area (Å²) in [7, 11) is 0. The van der Waals surface area contributed by atoms with Crippen LogP contribution in [0.1, 0.15) is 78.9 Å². The average Bonchev–Trinajstić information content (AvgIpc) is 3.35. The number of alkyl halides is 3. The van der Waals surface area contributed by atoms with E-state index in [0.717, 1.165) is 40.1 Å². The Kier molecular flexibility index (Phi) is 9.05. The lowest BCUT2D eigenvalue weighted by Crippen LogP contribution is -2.63. The van der Waals surface area contributed by atoms with Crippen LogP contribution in [0.3, 0.4) is 0 Å². The third kappa shape index (κ3) is 6.39. The molecule has 1 fully saturated rings. The summed E-state index contributed by atoms with van der Waals surface area (Å²) in [5.41, 5.74) is 4.32. The molecule has 4 aromatic carbocycles. The predicted molar refractivity (Wildman–Crippen MR) is 190 cm³/mol. The quantitative estimate of drug-likeness (QED) is 0.198. The Hall–Kier alpha value is -5.25. The maximum Gasteiger partial charge on any atom is 0.416 e. The molecular formula is C42H40F3N3O4. The first-order chi connectivity index (χ1) is 24.7. The fraction of sp³-hybridized carbons (Fsp3) is 0.333. The highest BCUT2D eigenvalue weighted by atomic mass is 19.4. The minimum Gasteiger partial charge on any atom is -0.324 e. The molecule has 4 amide bonds. The van der Waals surface area contributed by atoms with Crippen LogP contribution in [0.25, 0.3) is 0 Å². The van der Waals surface area contributed by atoms with Crippen molar-refractivity contribution < 1.29 is 32.3 Å². The van der Waals surface area contributed by atoms with Gasteiger partial charge in [0.05, 0.1) is 16.7 Å². The molecule has 268 valence electrons. The molecule has 0 spiro atoms. The van der Waals surface area contributed by atoms with E-state index >= 15 is 4.79 Å². The summed E-state index contributed by atoms with van der Waals surface area (Å²) >= 11 is 0. The number of carbonyl (C=O) groups excluding carboxylic acids is 4. The van der Waals surface area contributed by atoms with Crippen molar-refractivity contribution >= 4 is 29.3 Å². The zero-order valence-electron chi connectivity index (χ0n) is 29.3. The highest BCUT2D eigenvalue weighted by Crippen LogP contribution is 2.47. The van der Waals surface area contributed by atoms with Crippen LogP contribution in [0, 0.1) is 32.6 Å². The number of aryl methyl sites for hydroxylation is 3. The second-order valence-electron chi connectivity index (χ2n) is 14.6. The maximum atomic E-state index is 15.1. The van der Waals surface area contributed by atoms with E-state index in [-0.39, 0.29) is 29.5 Å². The van der Waals surface area contributed by atoms with Crippen molar-refractivity contribution in [3.8, 4) is 0 Å². The SMILES string of the molecule is Cc1cc(C)c(NC(=O)[C@@]2(N(Cc3ccc(C(F)(F)F)cc3)C(=O)CN3C(=O)c4ccccc4C3=O)CC[C@@H]3Cc4ccccc4C[C@H]3C2)c(C)c1. The number of carbonyl (C=O) groups is 4. The Labute approximate surface area is 300 Å². The fourth-order valence-corrected chi connectivity index (χ4v) is 8.63. The summed E-state index contributed by atoms with van der Waals surface area (Å²) in [6, 6.07) is 23.1. The van der Waals surface area contributed by atoms with Gasteiger partial charge in [0, 0.05) is 12.2 Å². The van der Waals surface area contributed by atoms with Gasteiger partial charge in [-0.1, -0.05) is 66.2 Å². The van der Waals surface area contributed by atoms with Crippen molar-refractivity contribution in [3.05, 3.63) is 135 Å². The van der Waals surface area contributed by atoms with Crippen LogP contribution in [-0.4, -0.2) is 45.5 Å². The summed E-state index contributed by atoms with van der Waals surface area (Å²) in [6.45, 7) is 4.96. The van der Waals surface area contributed by atoms with E-state index in [1.165, 1.54) is 40.3 Å². The molecule has 1 saturated carbocycles. The summed E-state index contributed by atoms with van der Waals surface area (Å²) in [6.07, 6.45) is -1.78. The number of rotatable bonds is 7. The molecule has 0 saturated heterocycles. The lowest BCUT2D eigenvalue weighted by Gasteiger charge is -2.51. The van der Waals surface area contributed by atoms with Crippen molar-refractivity contribution in [3.63, 3.8) is 0 Å². The van der Waals surface area contributed by atoms with Gasteiger partial charge in [0.1, 0.15) is 12.1 Å². The number of nitrogens with one attached hydrogen (secondary N) is 1. The van der Waals surface area contributed by atoms with Crippen molar-refractivity contribution in [2.75, 3.05) is 11.9 Å². The molecule has 0 bridgehead atoms. The minimum absolute atomic E-state index is 0.0248. The Bertz CT molecular complexity index is 2030. The van der Waals surface area contributed by atoms with Crippen LogP contribution in [0.15, 0.2) is 84.9 Å². The predicted octanol–water partition coefficient (Wildman–Crippen LogP) is 7.85. The first-order valence-electron chi connectivity index (χ1n) is 17.6. The largest absolute Gasteiger partial charge is 0.416 e. The van der Waals surface area contributed by atoms with Crippen LogP contribution in [-0.2, 0) is 35.2 Å². The summed E-state index contributed by atoms with van der Waals surface area (Å²) in [4.78, 5) is 59.1. The summed E-state index contributed by atoms with van der Waals surface area (Å²) in [5, 5.41) is 3.18. The van der Waals surface area contributed by atoms with Crippen LogP contribution in [0.5, 0.6) is 0 Å². The number of amides is 4. The van der Waals surface area contributed by atoms with Gasteiger partial charge in [0.25, 0.3) is 11.8 Å². The normalized spacial score (nSPS) is 20.9. The van der Waals surface area contributed by atoms with Gasteiger partial charge in [-0.2, -0.15) is 13.2 Å². The van der Waals surface area contributed by atoms with Crippen LogP contribution in [0.4, 0.5) is 18.9 Å². The van der Waals surface area contributed by atoms with Gasteiger partial charge in [0.2, 0.25) is 11.8 Å². The number of benzene rings is 4. The molecule has 1 N–H and O–H groups in total. The molecule has 0 radical (unpaired) electrons. The standard InChI is InChI=1S/C42H40F3N3O4/c1-25-18-26(2)37(27(3)19-25)46-40(52)41(17-16-31-20-29-8-4-5-9-30(29)21-32(31)22-41)48(23-28-12-14-33(15-13-28)42(43,44)45)36(49)24-47-38(50)34-10-6-7-11-35(34)39(47)51/h4-15,18-19,31-32H,16-17,20-24H2,1-3H3,(H,46,52)/t31-,32+,41-/m1/s1. The maximum absolute atomic E-state index is 15.1. The zero-order chi connectivity index (χ0) is 36.9. The molecule has 7 rings (SSSR count). The van der Waals surface area contributed by atoms with E-state index in [9.17, 15) is 27.6 Å². The smallest absolute Gasteiger partial charge is 0.324 e. The molecule has 52 heavy (non-hydrogen) atoms. The number of halogens is 3. The van der Waals surface area contributed by atoms with Gasteiger partial charge in [-0.15, -0.1) is 0 Å². The molecule has 0 aromatic heterocycles. The molecular weight excluding hydrogens is 667 g/mol. The molecule has 3 aliphatic rings. The molecule has 7 nitrogen and oxygen atoms in total. The van der Waals surface area contributed by atoms with E-state index in [1.54, 1.807) is 12.1 Å². The molecule has 1 heterocycles. The Morgan fingerprint density at radius 2 is 1.38 bits per heavy atom. The number of hydrogen-bond donors (Lipinski definition) is 1. The Morgan fingerprint density at radius 1 is 0.827 bits per heavy atom. The number of fused-ring (bicyclic) bond motifs is 3. The van der Waals surface area contributed by atoms with Gasteiger partial charge < -0.3 is 10.2 Å². The van der Waals surface area contributed by atoms with Crippen molar-refractivity contribution in [2.24, 2.45) is 11.8 Å². The van der Waals surface area contributed by atoms with E-state index in [2.05, 4.69) is 17.4 Å². The Balaban J connectivity index is 1.31. The van der Waals surface area contributed by atoms with Crippen molar-refractivity contribution in [1.29, 1.82) is 0 Å². The number of anilines is 1. The van der Waals surface area contributed by atoms with Gasteiger partial charge in [-0.25, -0.2) is 0 Å². The van der Waals surface area contributed by atoms with Gasteiger partial charge in [0.15, 0.2) is 0 Å². The lowest BCUT2D eigenvalue weighted by molar-refractivity contribution is -0.151. The van der Waals surface area contributed by atoms with Crippen LogP contribution >= 0.6 is 0 Å². The van der Waals surface area contributed by atoms with Gasteiger partial charge >= 0.3 is 6.18 Å². The van der Waals surface area contributed by atoms with Crippen LogP contribution < -0.4 is 5.32 Å². The van der Waals surface area contributed by atoms with Crippen LogP contribution in [0.2, 0.25) is 0 Å². The fourth-order valence-electron chi connectivity index (χ4n) is 8.63. The monoisotopic (exact) mass is 707 g/mol. The average molecular weight is 708 g/mol. The van der Waals surface area contributed by atoms with E-state index in [1.807, 2.05) is 45.0 Å². The highest BCUT2D eigenvalue weighted by molar-refractivity contribution is 6.22. The lowest BCUT2D eigenvalue weighted by atomic mass is 9.62.